The minimum Gasteiger partial charge on any atom is -0.494 e. The monoisotopic (exact) mass is 459 g/mol. The molecule has 1 aliphatic rings. The molecular weight excluding hydrogens is 414 g/mol. The fourth-order valence-corrected chi connectivity index (χ4v) is 5.40. The predicted octanol–water partition coefficient (Wildman–Crippen LogP) is 9.48. The van der Waals surface area contributed by atoms with Crippen LogP contribution in [-0.4, -0.2) is 6.61 Å². The predicted molar refractivity (Wildman–Crippen MR) is 144 cm³/mol. The van der Waals surface area contributed by atoms with Gasteiger partial charge in [0, 0.05) is 0 Å². The number of ether oxygens (including phenoxy) is 1. The van der Waals surface area contributed by atoms with Crippen molar-refractivity contribution < 1.29 is 4.74 Å². The van der Waals surface area contributed by atoms with Crippen LogP contribution in [0.4, 0.5) is 0 Å². The Bertz CT molecular complexity index is 869. The van der Waals surface area contributed by atoms with Crippen molar-refractivity contribution >= 4 is 0 Å². The third-order valence-corrected chi connectivity index (χ3v) is 8.00. The van der Waals surface area contributed by atoms with Crippen molar-refractivity contribution in [3.8, 4) is 22.9 Å². The van der Waals surface area contributed by atoms with Gasteiger partial charge in [0.2, 0.25) is 0 Å². The van der Waals surface area contributed by atoms with Gasteiger partial charge in [0.05, 0.1) is 18.1 Å². The van der Waals surface area contributed by atoms with Gasteiger partial charge in [0.1, 0.15) is 5.75 Å². The van der Waals surface area contributed by atoms with E-state index in [1.165, 1.54) is 74.5 Å². The molecule has 0 N–H and O–H groups in total. The van der Waals surface area contributed by atoms with Crippen LogP contribution in [0.2, 0.25) is 0 Å². The molecule has 34 heavy (non-hydrogen) atoms. The molecular formula is C32H45NO. The van der Waals surface area contributed by atoms with E-state index in [-0.39, 0.29) is 5.41 Å². The molecule has 0 radical (unpaired) electrons. The van der Waals surface area contributed by atoms with Crippen LogP contribution >= 0.6 is 0 Å². The molecule has 0 amide bonds. The number of nitriles is 1. The minimum atomic E-state index is -0.307. The van der Waals surface area contributed by atoms with E-state index in [2.05, 4.69) is 75.4 Å². The van der Waals surface area contributed by atoms with E-state index in [1.807, 2.05) is 0 Å². The quantitative estimate of drug-likeness (QED) is 0.279. The lowest BCUT2D eigenvalue weighted by Gasteiger charge is -2.36. The molecule has 2 aromatic rings. The van der Waals surface area contributed by atoms with E-state index in [0.717, 1.165) is 43.5 Å². The highest BCUT2D eigenvalue weighted by molar-refractivity contribution is 5.64. The van der Waals surface area contributed by atoms with E-state index in [9.17, 15) is 5.26 Å². The standard InChI is InChI=1S/C32H45NO/c1-4-6-7-8-9-10-23-34-31-17-13-29(14-18-31)28-11-15-30(16-12-28)32(25-33)21-19-27(20-22-32)24-26(3)5-2/h11-18,26-27H,4-10,19-24H2,1-3H3. The highest BCUT2D eigenvalue weighted by Gasteiger charge is 2.37. The van der Waals surface area contributed by atoms with Crippen molar-refractivity contribution in [2.24, 2.45) is 11.8 Å². The Morgan fingerprint density at radius 3 is 2.06 bits per heavy atom. The van der Waals surface area contributed by atoms with Crippen LogP contribution in [0.5, 0.6) is 5.75 Å². The second-order valence-corrected chi connectivity index (χ2v) is 10.6. The van der Waals surface area contributed by atoms with Gasteiger partial charge in [-0.15, -0.1) is 0 Å². The fraction of sp³-hybridized carbons (Fsp3) is 0.594. The summed E-state index contributed by atoms with van der Waals surface area (Å²) in [5, 5.41) is 10.1. The zero-order valence-corrected chi connectivity index (χ0v) is 21.8. The average molecular weight is 460 g/mol. The van der Waals surface area contributed by atoms with Gasteiger partial charge >= 0.3 is 0 Å². The molecule has 0 saturated heterocycles. The second-order valence-electron chi connectivity index (χ2n) is 10.6. The summed E-state index contributed by atoms with van der Waals surface area (Å²) in [5.41, 5.74) is 3.28. The molecule has 1 aliphatic carbocycles. The van der Waals surface area contributed by atoms with E-state index >= 15 is 0 Å². The topological polar surface area (TPSA) is 33.0 Å². The smallest absolute Gasteiger partial charge is 0.119 e. The molecule has 2 nitrogen and oxygen atoms in total. The maximum absolute atomic E-state index is 10.1. The molecule has 3 rings (SSSR count). The first kappa shape index (κ1) is 26.3. The van der Waals surface area contributed by atoms with Crippen LogP contribution in [0.3, 0.4) is 0 Å². The molecule has 0 heterocycles. The summed E-state index contributed by atoms with van der Waals surface area (Å²) in [6.07, 6.45) is 14.6. The molecule has 0 spiro atoms. The Labute approximate surface area is 208 Å². The molecule has 184 valence electrons. The first-order valence-corrected chi connectivity index (χ1v) is 13.8. The van der Waals surface area contributed by atoms with Crippen LogP contribution < -0.4 is 4.74 Å². The van der Waals surface area contributed by atoms with Gasteiger partial charge in [0.15, 0.2) is 0 Å². The summed E-state index contributed by atoms with van der Waals surface area (Å²) in [7, 11) is 0. The van der Waals surface area contributed by atoms with Crippen molar-refractivity contribution in [2.75, 3.05) is 6.61 Å². The van der Waals surface area contributed by atoms with Crippen LogP contribution in [0.15, 0.2) is 48.5 Å². The molecule has 2 aromatic carbocycles. The van der Waals surface area contributed by atoms with Crippen molar-refractivity contribution in [3.05, 3.63) is 54.1 Å². The van der Waals surface area contributed by atoms with Gasteiger partial charge in [-0.2, -0.15) is 5.26 Å². The highest BCUT2D eigenvalue weighted by Crippen LogP contribution is 2.43. The molecule has 2 heteroatoms. The maximum Gasteiger partial charge on any atom is 0.119 e. The van der Waals surface area contributed by atoms with Crippen molar-refractivity contribution in [2.45, 2.75) is 103 Å². The molecule has 0 aliphatic heterocycles. The molecule has 0 aromatic heterocycles. The summed E-state index contributed by atoms with van der Waals surface area (Å²) in [6.45, 7) is 7.70. The normalized spacial score (nSPS) is 21.1. The van der Waals surface area contributed by atoms with Crippen LogP contribution in [0.1, 0.15) is 103 Å². The number of hydrogen-bond donors (Lipinski definition) is 0. The first-order chi connectivity index (χ1) is 16.6. The first-order valence-electron chi connectivity index (χ1n) is 13.8. The Morgan fingerprint density at radius 2 is 1.47 bits per heavy atom. The summed E-state index contributed by atoms with van der Waals surface area (Å²) in [4.78, 5) is 0. The molecule has 1 fully saturated rings. The van der Waals surface area contributed by atoms with Crippen molar-refractivity contribution in [1.82, 2.24) is 0 Å². The number of benzene rings is 2. The van der Waals surface area contributed by atoms with Crippen LogP contribution in [-0.2, 0) is 5.41 Å². The summed E-state index contributed by atoms with van der Waals surface area (Å²) >= 11 is 0. The lowest BCUT2D eigenvalue weighted by atomic mass is 9.66. The fourth-order valence-electron chi connectivity index (χ4n) is 5.40. The Morgan fingerprint density at radius 1 is 0.882 bits per heavy atom. The van der Waals surface area contributed by atoms with Crippen LogP contribution in [0.25, 0.3) is 11.1 Å². The van der Waals surface area contributed by atoms with Crippen LogP contribution in [0, 0.1) is 23.2 Å². The summed E-state index contributed by atoms with van der Waals surface area (Å²) < 4.78 is 5.93. The molecule has 1 atom stereocenters. The summed E-state index contributed by atoms with van der Waals surface area (Å²) in [5.74, 6) is 2.54. The number of nitrogens with zero attached hydrogens (tertiary/aromatic N) is 1. The molecule has 0 bridgehead atoms. The van der Waals surface area contributed by atoms with Gasteiger partial charge in [-0.3, -0.25) is 0 Å². The average Bonchev–Trinajstić information content (AvgIpc) is 2.89. The minimum absolute atomic E-state index is 0.307. The van der Waals surface area contributed by atoms with E-state index in [1.54, 1.807) is 0 Å². The van der Waals surface area contributed by atoms with Gasteiger partial charge in [-0.05, 0) is 79.2 Å². The maximum atomic E-state index is 10.1. The highest BCUT2D eigenvalue weighted by atomic mass is 16.5. The van der Waals surface area contributed by atoms with Gasteiger partial charge in [-0.25, -0.2) is 0 Å². The van der Waals surface area contributed by atoms with E-state index in [4.69, 9.17) is 4.74 Å². The number of unbranched alkanes of at least 4 members (excludes halogenated alkanes) is 5. The van der Waals surface area contributed by atoms with Gasteiger partial charge in [0.25, 0.3) is 0 Å². The SMILES string of the molecule is CCCCCCCCOc1ccc(-c2ccc(C3(C#N)CCC(CC(C)CC)CC3)cc2)cc1. The van der Waals surface area contributed by atoms with Gasteiger partial charge < -0.3 is 4.74 Å². The number of hydrogen-bond acceptors (Lipinski definition) is 2. The third-order valence-electron chi connectivity index (χ3n) is 8.00. The van der Waals surface area contributed by atoms with Crippen molar-refractivity contribution in [3.63, 3.8) is 0 Å². The summed E-state index contributed by atoms with van der Waals surface area (Å²) in [6, 6.07) is 19.9. The lowest BCUT2D eigenvalue weighted by Crippen LogP contribution is -2.30. The molecule has 1 saturated carbocycles. The second kappa shape index (κ2) is 13.6. The van der Waals surface area contributed by atoms with Crippen molar-refractivity contribution in [1.29, 1.82) is 5.26 Å². The third kappa shape index (κ3) is 7.36. The van der Waals surface area contributed by atoms with Gasteiger partial charge in [-0.1, -0.05) is 95.7 Å². The largest absolute Gasteiger partial charge is 0.494 e. The Hall–Kier alpha value is -2.27. The zero-order valence-electron chi connectivity index (χ0n) is 21.8. The zero-order chi connectivity index (χ0) is 24.2. The Balaban J connectivity index is 1.52. The number of rotatable bonds is 13. The van der Waals surface area contributed by atoms with E-state index in [0.29, 0.717) is 0 Å². The van der Waals surface area contributed by atoms with E-state index < -0.39 is 0 Å². The Kier molecular flexibility index (Phi) is 10.5. The lowest BCUT2D eigenvalue weighted by molar-refractivity contribution is 0.241. The molecule has 1 unspecified atom stereocenters.